The van der Waals surface area contributed by atoms with E-state index in [1.165, 1.54) is 12.8 Å². The first-order valence-corrected chi connectivity index (χ1v) is 5.27. The molecular formula is C12H15N3. The summed E-state index contributed by atoms with van der Waals surface area (Å²) in [6.45, 7) is 2.18. The zero-order valence-electron chi connectivity index (χ0n) is 8.83. The molecule has 1 aliphatic rings. The smallest absolute Gasteiger partial charge is 0.101 e. The molecular weight excluding hydrogens is 186 g/mol. The first-order valence-electron chi connectivity index (χ1n) is 5.27. The van der Waals surface area contributed by atoms with Crippen molar-refractivity contribution in [2.24, 2.45) is 5.92 Å². The highest BCUT2D eigenvalue weighted by atomic mass is 14.9. The van der Waals surface area contributed by atoms with Gasteiger partial charge in [-0.25, -0.2) is 0 Å². The van der Waals surface area contributed by atoms with Gasteiger partial charge in [-0.1, -0.05) is 0 Å². The van der Waals surface area contributed by atoms with Crippen LogP contribution in [0.3, 0.4) is 0 Å². The SMILES string of the molecule is CC(Nc1ccc(N)c(C#N)c1)C1CC1. The van der Waals surface area contributed by atoms with E-state index in [4.69, 9.17) is 11.0 Å². The highest BCUT2D eigenvalue weighted by molar-refractivity contribution is 5.62. The monoisotopic (exact) mass is 201 g/mol. The molecule has 0 bridgehead atoms. The summed E-state index contributed by atoms with van der Waals surface area (Å²) in [5.41, 5.74) is 7.73. The molecule has 0 spiro atoms. The molecule has 1 aromatic rings. The van der Waals surface area contributed by atoms with Gasteiger partial charge < -0.3 is 11.1 Å². The molecule has 3 nitrogen and oxygen atoms in total. The van der Waals surface area contributed by atoms with Crippen LogP contribution < -0.4 is 11.1 Å². The zero-order chi connectivity index (χ0) is 10.8. The number of nitrogens with two attached hydrogens (primary N) is 1. The number of nitriles is 1. The minimum atomic E-state index is 0.486. The van der Waals surface area contributed by atoms with Crippen molar-refractivity contribution < 1.29 is 0 Å². The van der Waals surface area contributed by atoms with Gasteiger partial charge in [0.15, 0.2) is 0 Å². The Balaban J connectivity index is 2.11. The second-order valence-corrected chi connectivity index (χ2v) is 4.18. The summed E-state index contributed by atoms with van der Waals surface area (Å²) < 4.78 is 0. The van der Waals surface area contributed by atoms with Crippen molar-refractivity contribution in [2.45, 2.75) is 25.8 Å². The van der Waals surface area contributed by atoms with E-state index in [2.05, 4.69) is 18.3 Å². The molecule has 0 radical (unpaired) electrons. The molecule has 1 aliphatic carbocycles. The van der Waals surface area contributed by atoms with Gasteiger partial charge in [-0.15, -0.1) is 0 Å². The second-order valence-electron chi connectivity index (χ2n) is 4.18. The van der Waals surface area contributed by atoms with Crippen LogP contribution in [-0.4, -0.2) is 6.04 Å². The molecule has 15 heavy (non-hydrogen) atoms. The van der Waals surface area contributed by atoms with E-state index < -0.39 is 0 Å². The maximum Gasteiger partial charge on any atom is 0.101 e. The van der Waals surface area contributed by atoms with Gasteiger partial charge in [0.25, 0.3) is 0 Å². The Labute approximate surface area is 89.9 Å². The van der Waals surface area contributed by atoms with Crippen molar-refractivity contribution in [2.75, 3.05) is 11.1 Å². The molecule has 78 valence electrons. The molecule has 1 fully saturated rings. The summed E-state index contributed by atoms with van der Waals surface area (Å²) in [6.07, 6.45) is 2.63. The highest BCUT2D eigenvalue weighted by Gasteiger charge is 2.27. The molecule has 1 atom stereocenters. The Morgan fingerprint density at radius 3 is 2.87 bits per heavy atom. The van der Waals surface area contributed by atoms with Crippen LogP contribution in [0, 0.1) is 17.2 Å². The molecule has 0 aliphatic heterocycles. The van der Waals surface area contributed by atoms with Gasteiger partial charge in [0.2, 0.25) is 0 Å². The quantitative estimate of drug-likeness (QED) is 0.738. The molecule has 0 heterocycles. The van der Waals surface area contributed by atoms with Crippen molar-refractivity contribution in [1.82, 2.24) is 0 Å². The Kier molecular flexibility index (Phi) is 2.51. The number of hydrogen-bond donors (Lipinski definition) is 2. The molecule has 0 amide bonds. The summed E-state index contributed by atoms with van der Waals surface area (Å²) in [6, 6.07) is 8.09. The van der Waals surface area contributed by atoms with E-state index in [1.807, 2.05) is 12.1 Å². The van der Waals surface area contributed by atoms with Crippen LogP contribution in [-0.2, 0) is 0 Å². The topological polar surface area (TPSA) is 61.8 Å². The number of nitrogens with one attached hydrogen (secondary N) is 1. The number of hydrogen-bond acceptors (Lipinski definition) is 3. The van der Waals surface area contributed by atoms with Crippen LogP contribution >= 0.6 is 0 Å². The van der Waals surface area contributed by atoms with Crippen molar-refractivity contribution in [3.8, 4) is 6.07 Å². The Hall–Kier alpha value is -1.69. The van der Waals surface area contributed by atoms with Gasteiger partial charge in [0.05, 0.1) is 5.56 Å². The van der Waals surface area contributed by atoms with Gasteiger partial charge in [0, 0.05) is 17.4 Å². The molecule has 1 aromatic carbocycles. The fraction of sp³-hybridized carbons (Fsp3) is 0.417. The fourth-order valence-corrected chi connectivity index (χ4v) is 1.72. The second kappa shape index (κ2) is 3.82. The third kappa shape index (κ3) is 2.21. The average molecular weight is 201 g/mol. The van der Waals surface area contributed by atoms with Gasteiger partial charge in [-0.2, -0.15) is 5.26 Å². The fourth-order valence-electron chi connectivity index (χ4n) is 1.72. The molecule has 2 rings (SSSR count). The van der Waals surface area contributed by atoms with E-state index >= 15 is 0 Å². The highest BCUT2D eigenvalue weighted by Crippen LogP contribution is 2.34. The van der Waals surface area contributed by atoms with E-state index in [-0.39, 0.29) is 0 Å². The van der Waals surface area contributed by atoms with Crippen molar-refractivity contribution in [3.63, 3.8) is 0 Å². The van der Waals surface area contributed by atoms with Crippen LogP contribution in [0.5, 0.6) is 0 Å². The summed E-state index contributed by atoms with van der Waals surface area (Å²) in [4.78, 5) is 0. The summed E-state index contributed by atoms with van der Waals surface area (Å²) in [5.74, 6) is 0.799. The molecule has 1 unspecified atom stereocenters. The minimum absolute atomic E-state index is 0.486. The van der Waals surface area contributed by atoms with Crippen molar-refractivity contribution in [3.05, 3.63) is 23.8 Å². The van der Waals surface area contributed by atoms with E-state index in [9.17, 15) is 0 Å². The van der Waals surface area contributed by atoms with Crippen LogP contribution in [0.1, 0.15) is 25.3 Å². The maximum atomic E-state index is 8.84. The zero-order valence-corrected chi connectivity index (χ0v) is 8.83. The first-order chi connectivity index (χ1) is 7.20. The number of rotatable bonds is 3. The van der Waals surface area contributed by atoms with E-state index in [0.717, 1.165) is 11.6 Å². The average Bonchev–Trinajstić information content (AvgIpc) is 3.04. The normalized spacial score (nSPS) is 16.8. The van der Waals surface area contributed by atoms with E-state index in [0.29, 0.717) is 17.3 Å². The molecule has 0 aromatic heterocycles. The van der Waals surface area contributed by atoms with Gasteiger partial charge in [-0.3, -0.25) is 0 Å². The molecule has 0 saturated heterocycles. The lowest BCUT2D eigenvalue weighted by Gasteiger charge is -2.14. The summed E-state index contributed by atoms with van der Waals surface area (Å²) in [7, 11) is 0. The molecule has 1 saturated carbocycles. The summed E-state index contributed by atoms with van der Waals surface area (Å²) >= 11 is 0. The summed E-state index contributed by atoms with van der Waals surface area (Å²) in [5, 5.41) is 12.2. The number of nitrogens with zero attached hydrogens (tertiary/aromatic N) is 1. The van der Waals surface area contributed by atoms with Crippen LogP contribution in [0.4, 0.5) is 11.4 Å². The standard InChI is InChI=1S/C12H15N3/c1-8(9-2-3-9)15-11-4-5-12(14)10(6-11)7-13/h4-6,8-9,15H,2-3,14H2,1H3. The molecule has 3 N–H and O–H groups in total. The van der Waals surface area contributed by atoms with Gasteiger partial charge in [-0.05, 0) is 43.9 Å². The first kappa shape index (κ1) is 9.85. The Morgan fingerprint density at radius 1 is 1.53 bits per heavy atom. The van der Waals surface area contributed by atoms with Crippen molar-refractivity contribution in [1.29, 1.82) is 5.26 Å². The van der Waals surface area contributed by atoms with E-state index in [1.54, 1.807) is 6.07 Å². The van der Waals surface area contributed by atoms with Crippen LogP contribution in [0.2, 0.25) is 0 Å². The van der Waals surface area contributed by atoms with Crippen molar-refractivity contribution >= 4 is 11.4 Å². The third-order valence-corrected chi connectivity index (χ3v) is 2.90. The lowest BCUT2D eigenvalue weighted by Crippen LogP contribution is -2.17. The predicted octanol–water partition coefficient (Wildman–Crippen LogP) is 2.35. The number of anilines is 2. The molecule has 3 heteroatoms. The minimum Gasteiger partial charge on any atom is -0.398 e. The maximum absolute atomic E-state index is 8.84. The van der Waals surface area contributed by atoms with Gasteiger partial charge >= 0.3 is 0 Å². The van der Waals surface area contributed by atoms with Crippen LogP contribution in [0.15, 0.2) is 18.2 Å². The third-order valence-electron chi connectivity index (χ3n) is 2.90. The lowest BCUT2D eigenvalue weighted by molar-refractivity contribution is 0.694. The number of benzene rings is 1. The largest absolute Gasteiger partial charge is 0.398 e. The Bertz CT molecular complexity index is 402. The van der Waals surface area contributed by atoms with Gasteiger partial charge in [0.1, 0.15) is 6.07 Å². The van der Waals surface area contributed by atoms with Crippen LogP contribution in [0.25, 0.3) is 0 Å². The Morgan fingerprint density at radius 2 is 2.27 bits per heavy atom. The number of nitrogen functional groups attached to an aromatic ring is 1. The lowest BCUT2D eigenvalue weighted by atomic mass is 10.1. The predicted molar refractivity (Wildman–Crippen MR) is 61.4 cm³/mol.